The van der Waals surface area contributed by atoms with E-state index in [1.165, 1.54) is 17.4 Å². The van der Waals surface area contributed by atoms with Crippen LogP contribution in [0.2, 0.25) is 0 Å². The fourth-order valence-electron chi connectivity index (χ4n) is 3.21. The zero-order valence-electron chi connectivity index (χ0n) is 20.5. The molecular weight excluding hydrogens is 609 g/mol. The van der Waals surface area contributed by atoms with Gasteiger partial charge in [0.2, 0.25) is 6.79 Å². The molecule has 0 saturated heterocycles. The number of esters is 2. The first-order valence-corrected chi connectivity index (χ1v) is 14.4. The molecular formula is C24H24BrF2N2O7PS. The van der Waals surface area contributed by atoms with E-state index in [1.54, 1.807) is 67.1 Å². The molecule has 0 bridgehead atoms. The van der Waals surface area contributed by atoms with Crippen molar-refractivity contribution in [1.82, 2.24) is 4.57 Å². The molecule has 1 aromatic heterocycles. The third-order valence-corrected chi connectivity index (χ3v) is 7.93. The van der Waals surface area contributed by atoms with Crippen LogP contribution in [0.1, 0.15) is 42.3 Å². The molecule has 0 amide bonds. The molecule has 1 N–H and O–H groups in total. The van der Waals surface area contributed by atoms with Crippen molar-refractivity contribution in [3.63, 3.8) is 0 Å². The van der Waals surface area contributed by atoms with Crippen LogP contribution in [0.15, 0.2) is 52.3 Å². The van der Waals surface area contributed by atoms with Crippen molar-refractivity contribution in [3.05, 3.63) is 73.8 Å². The summed E-state index contributed by atoms with van der Waals surface area (Å²) in [7, 11) is -4.54. The van der Waals surface area contributed by atoms with Gasteiger partial charge in [0.1, 0.15) is 0 Å². The average molecular weight is 633 g/mol. The number of halogens is 3. The Morgan fingerprint density at radius 1 is 1.08 bits per heavy atom. The molecule has 0 aliphatic carbocycles. The van der Waals surface area contributed by atoms with Crippen LogP contribution in [0, 0.1) is 10.8 Å². The predicted octanol–water partition coefficient (Wildman–Crippen LogP) is 6.71. The zero-order chi connectivity index (χ0) is 28.1. The standard InChI is InChI=1S/C24H24BrF2N2O7PS/c1-24(2,3)22(31)34-14-33-21(30)17-8-6-16(7-9-17)20-13-38-23(28)29(20)11-15-4-5-18(19(25)10-15)12-37(32,35-26)36-27/h4-10,13,28H,11-12,14H2,1-3H3. The van der Waals surface area contributed by atoms with E-state index in [-0.39, 0.29) is 16.9 Å². The van der Waals surface area contributed by atoms with E-state index in [0.29, 0.717) is 10.0 Å². The summed E-state index contributed by atoms with van der Waals surface area (Å²) in [6.07, 6.45) is -0.616. The van der Waals surface area contributed by atoms with Crippen LogP contribution in [0.3, 0.4) is 0 Å². The first kappa shape index (κ1) is 29.9. The van der Waals surface area contributed by atoms with Crippen LogP contribution >= 0.6 is 34.9 Å². The Morgan fingerprint density at radius 2 is 1.74 bits per heavy atom. The van der Waals surface area contributed by atoms with Gasteiger partial charge in [-0.25, -0.2) is 4.79 Å². The fourth-order valence-corrected chi connectivity index (χ4v) is 5.58. The molecule has 38 heavy (non-hydrogen) atoms. The van der Waals surface area contributed by atoms with E-state index in [9.17, 15) is 23.2 Å². The molecule has 0 radical (unpaired) electrons. The number of ether oxygens (including phenoxy) is 2. The van der Waals surface area contributed by atoms with Crippen LogP contribution in [0.4, 0.5) is 9.05 Å². The number of hydrogen-bond acceptors (Lipinski definition) is 9. The highest BCUT2D eigenvalue weighted by Crippen LogP contribution is 2.53. The molecule has 0 spiro atoms. The molecule has 2 aromatic carbocycles. The maximum absolute atomic E-state index is 12.4. The lowest BCUT2D eigenvalue weighted by atomic mass is 9.98. The number of hydrogen-bond donors (Lipinski definition) is 1. The summed E-state index contributed by atoms with van der Waals surface area (Å²) < 4.78 is 55.1. The number of nitrogens with one attached hydrogen (secondary N) is 1. The summed E-state index contributed by atoms with van der Waals surface area (Å²) in [5.74, 6) is -1.14. The molecule has 0 atom stereocenters. The quantitative estimate of drug-likeness (QED) is 0.150. The van der Waals surface area contributed by atoms with Crippen LogP contribution in [0.25, 0.3) is 11.3 Å². The van der Waals surface area contributed by atoms with Gasteiger partial charge < -0.3 is 14.0 Å². The lowest BCUT2D eigenvalue weighted by Gasteiger charge is -2.16. The largest absolute Gasteiger partial charge is 0.427 e. The van der Waals surface area contributed by atoms with Gasteiger partial charge in [0.15, 0.2) is 4.80 Å². The molecule has 3 rings (SSSR count). The summed E-state index contributed by atoms with van der Waals surface area (Å²) in [6, 6.07) is 11.4. The van der Waals surface area contributed by atoms with E-state index in [0.717, 1.165) is 16.8 Å². The maximum atomic E-state index is 12.4. The van der Waals surface area contributed by atoms with Gasteiger partial charge in [-0.3, -0.25) is 14.8 Å². The van der Waals surface area contributed by atoms with Gasteiger partial charge in [-0.2, -0.15) is 0 Å². The first-order chi connectivity index (χ1) is 17.9. The smallest absolute Gasteiger partial charge is 0.399 e. The second-order valence-corrected chi connectivity index (χ2v) is 12.7. The number of benzene rings is 2. The highest BCUT2D eigenvalue weighted by atomic mass is 79.9. The number of aromatic nitrogens is 1. The maximum Gasteiger partial charge on any atom is 0.399 e. The minimum absolute atomic E-state index is 0.264. The Bertz CT molecular complexity index is 1410. The fraction of sp³-hybridized carbons (Fsp3) is 0.292. The van der Waals surface area contributed by atoms with Crippen LogP contribution in [-0.2, 0) is 41.0 Å². The van der Waals surface area contributed by atoms with Crippen molar-refractivity contribution < 1.29 is 42.1 Å². The monoisotopic (exact) mass is 632 g/mol. The molecule has 204 valence electrons. The Hall–Kier alpha value is -2.70. The third kappa shape index (κ3) is 7.45. The van der Waals surface area contributed by atoms with E-state index in [4.69, 9.17) is 14.9 Å². The SMILES string of the molecule is CC(C)(C)C(=O)OCOC(=O)c1ccc(-c2csc(=N)n2Cc2ccc(CP(=O)(OF)OF)c(Br)c2)cc1. The molecule has 0 saturated carbocycles. The van der Waals surface area contributed by atoms with Crippen LogP contribution < -0.4 is 4.80 Å². The van der Waals surface area contributed by atoms with Gasteiger partial charge in [-0.15, -0.1) is 20.8 Å². The summed E-state index contributed by atoms with van der Waals surface area (Å²) in [5, 5.41) is 10.1. The predicted molar refractivity (Wildman–Crippen MR) is 138 cm³/mol. The molecule has 0 unspecified atom stereocenters. The van der Waals surface area contributed by atoms with Crippen LogP contribution in [0.5, 0.6) is 0 Å². The summed E-state index contributed by atoms with van der Waals surface area (Å²) >= 11 is 4.52. The minimum Gasteiger partial charge on any atom is -0.427 e. The molecule has 9 nitrogen and oxygen atoms in total. The Labute approximate surface area is 229 Å². The lowest BCUT2D eigenvalue weighted by molar-refractivity contribution is -0.161. The van der Waals surface area contributed by atoms with Crippen molar-refractivity contribution >= 4 is 46.8 Å². The van der Waals surface area contributed by atoms with Gasteiger partial charge in [-0.1, -0.05) is 40.2 Å². The molecule has 0 fully saturated rings. The molecule has 0 aliphatic rings. The van der Waals surface area contributed by atoms with E-state index in [2.05, 4.69) is 25.4 Å². The summed E-state index contributed by atoms with van der Waals surface area (Å²) in [6.45, 7) is 4.87. The van der Waals surface area contributed by atoms with Gasteiger partial charge >= 0.3 is 19.5 Å². The van der Waals surface area contributed by atoms with Gasteiger partial charge in [0.25, 0.3) is 0 Å². The second-order valence-electron chi connectivity index (χ2n) is 9.15. The topological polar surface area (TPSA) is 117 Å². The zero-order valence-corrected chi connectivity index (χ0v) is 23.8. The van der Waals surface area contributed by atoms with Crippen LogP contribution in [-0.4, -0.2) is 23.3 Å². The van der Waals surface area contributed by atoms with Crippen molar-refractivity contribution in [2.45, 2.75) is 33.5 Å². The second kappa shape index (κ2) is 12.4. The molecule has 0 aliphatic heterocycles. The highest BCUT2D eigenvalue weighted by molar-refractivity contribution is 9.10. The highest BCUT2D eigenvalue weighted by Gasteiger charge is 2.29. The van der Waals surface area contributed by atoms with Gasteiger partial charge in [0, 0.05) is 9.85 Å². The van der Waals surface area contributed by atoms with Crippen molar-refractivity contribution in [1.29, 1.82) is 5.41 Å². The Kier molecular flexibility index (Phi) is 9.77. The van der Waals surface area contributed by atoms with E-state index < -0.39 is 37.9 Å². The number of thiazole rings is 1. The third-order valence-electron chi connectivity index (χ3n) is 5.26. The number of carbonyl (C=O) groups excluding carboxylic acids is 2. The first-order valence-electron chi connectivity index (χ1n) is 11.0. The molecule has 1 heterocycles. The van der Waals surface area contributed by atoms with Crippen molar-refractivity contribution in [3.8, 4) is 11.3 Å². The van der Waals surface area contributed by atoms with Gasteiger partial charge in [0.05, 0.1) is 29.4 Å². The average Bonchev–Trinajstić information content (AvgIpc) is 3.24. The Morgan fingerprint density at radius 3 is 2.32 bits per heavy atom. The lowest BCUT2D eigenvalue weighted by Crippen LogP contribution is -2.24. The minimum atomic E-state index is -4.54. The Balaban J connectivity index is 1.72. The number of rotatable bonds is 10. The molecule has 3 aromatic rings. The molecule has 14 heteroatoms. The van der Waals surface area contributed by atoms with E-state index in [1.807, 2.05) is 0 Å². The summed E-state index contributed by atoms with van der Waals surface area (Å²) in [4.78, 5) is 24.3. The van der Waals surface area contributed by atoms with Crippen molar-refractivity contribution in [2.24, 2.45) is 5.41 Å². The normalized spacial score (nSPS) is 11.8. The summed E-state index contributed by atoms with van der Waals surface area (Å²) in [5.41, 5.74) is 2.08. The number of carbonyl (C=O) groups is 2. The van der Waals surface area contributed by atoms with Crippen molar-refractivity contribution in [2.75, 3.05) is 6.79 Å². The van der Waals surface area contributed by atoms with E-state index >= 15 is 0 Å². The number of nitrogens with zero attached hydrogens (tertiary/aromatic N) is 1. The van der Waals surface area contributed by atoms with Gasteiger partial charge in [-0.05, 0) is 64.7 Å².